The van der Waals surface area contributed by atoms with Gasteiger partial charge in [0.2, 0.25) is 0 Å². The van der Waals surface area contributed by atoms with Crippen molar-refractivity contribution in [3.8, 4) is 5.75 Å². The van der Waals surface area contributed by atoms with Gasteiger partial charge in [0, 0.05) is 6.42 Å². The van der Waals surface area contributed by atoms with Crippen LogP contribution in [0.3, 0.4) is 0 Å². The maximum absolute atomic E-state index is 12.6. The Morgan fingerprint density at radius 3 is 3.12 bits per heavy atom. The molecule has 0 saturated heterocycles. The van der Waals surface area contributed by atoms with Crippen LogP contribution >= 0.6 is 0 Å². The highest BCUT2D eigenvalue weighted by Crippen LogP contribution is 2.31. The van der Waals surface area contributed by atoms with E-state index in [4.69, 9.17) is 4.74 Å². The molecule has 0 spiro atoms. The zero-order valence-electron chi connectivity index (χ0n) is 13.4. The van der Waals surface area contributed by atoms with Gasteiger partial charge < -0.3 is 15.0 Å². The highest BCUT2D eigenvalue weighted by atomic mass is 16.5. The molecule has 2 atom stereocenters. The van der Waals surface area contributed by atoms with Crippen molar-refractivity contribution in [2.75, 3.05) is 0 Å². The summed E-state index contributed by atoms with van der Waals surface area (Å²) in [6.07, 6.45) is 3.94. The van der Waals surface area contributed by atoms with Crippen molar-refractivity contribution in [3.05, 3.63) is 47.7 Å². The highest BCUT2D eigenvalue weighted by molar-refractivity contribution is 6.02. The number of aromatic amines is 1. The number of hydrogen-bond acceptors (Lipinski definition) is 5. The molecule has 1 aromatic carbocycles. The fourth-order valence-corrected chi connectivity index (χ4v) is 3.00. The van der Waals surface area contributed by atoms with Gasteiger partial charge in [-0.25, -0.2) is 15.0 Å². The van der Waals surface area contributed by atoms with Crippen LogP contribution in [-0.4, -0.2) is 31.9 Å². The fraction of sp³-hybridized carbons (Fsp3) is 0.294. The first-order valence-corrected chi connectivity index (χ1v) is 7.86. The number of amides is 1. The lowest BCUT2D eigenvalue weighted by Crippen LogP contribution is -2.27. The van der Waals surface area contributed by atoms with E-state index >= 15 is 0 Å². The molecule has 4 rings (SSSR count). The second-order valence-electron chi connectivity index (χ2n) is 6.02. The molecule has 2 aromatic heterocycles. The van der Waals surface area contributed by atoms with Gasteiger partial charge in [-0.05, 0) is 37.1 Å². The predicted octanol–water partition coefficient (Wildman–Crippen LogP) is 2.17. The Morgan fingerprint density at radius 2 is 2.25 bits per heavy atom. The summed E-state index contributed by atoms with van der Waals surface area (Å²) in [5, 5.41) is 2.98. The molecule has 7 nitrogen and oxygen atoms in total. The standard InChI is InChI=1S/C17H17N5O2/c1-9-5-12-6-11(3-4-13(12)24-9)10(2)22-17(23)15-14-16(20-7-18-14)21-8-19-15/h3-4,6-10H,5H2,1-2H3,(H,22,23)(H,18,19,20,21)/t9?,10-/m0/s1. The van der Waals surface area contributed by atoms with E-state index in [0.717, 1.165) is 17.7 Å². The summed E-state index contributed by atoms with van der Waals surface area (Å²) in [7, 11) is 0. The van der Waals surface area contributed by atoms with Crippen molar-refractivity contribution < 1.29 is 9.53 Å². The van der Waals surface area contributed by atoms with Gasteiger partial charge in [0.05, 0.1) is 12.4 Å². The number of ether oxygens (including phenoxy) is 1. The van der Waals surface area contributed by atoms with Gasteiger partial charge in [0.25, 0.3) is 5.91 Å². The van der Waals surface area contributed by atoms with Crippen LogP contribution in [-0.2, 0) is 6.42 Å². The molecule has 1 aliphatic rings. The summed E-state index contributed by atoms with van der Waals surface area (Å²) in [4.78, 5) is 27.6. The lowest BCUT2D eigenvalue weighted by molar-refractivity contribution is 0.0936. The predicted molar refractivity (Wildman–Crippen MR) is 87.8 cm³/mol. The number of rotatable bonds is 3. The van der Waals surface area contributed by atoms with Crippen LogP contribution in [0, 0.1) is 0 Å². The summed E-state index contributed by atoms with van der Waals surface area (Å²) in [5.74, 6) is 0.670. The number of benzene rings is 1. The Labute approximate surface area is 138 Å². The van der Waals surface area contributed by atoms with Crippen LogP contribution in [0.4, 0.5) is 0 Å². The van der Waals surface area contributed by atoms with Gasteiger partial charge in [-0.15, -0.1) is 0 Å². The first-order chi connectivity index (χ1) is 11.6. The van der Waals surface area contributed by atoms with Gasteiger partial charge in [-0.1, -0.05) is 6.07 Å². The van der Waals surface area contributed by atoms with Crippen molar-refractivity contribution in [2.45, 2.75) is 32.4 Å². The average molecular weight is 323 g/mol. The summed E-state index contributed by atoms with van der Waals surface area (Å²) in [6.45, 7) is 4.00. The van der Waals surface area contributed by atoms with Crippen LogP contribution in [0.15, 0.2) is 30.9 Å². The van der Waals surface area contributed by atoms with Crippen molar-refractivity contribution in [1.82, 2.24) is 25.3 Å². The molecule has 3 heterocycles. The molecule has 3 aromatic rings. The Hall–Kier alpha value is -2.96. The van der Waals surface area contributed by atoms with Crippen LogP contribution in [0.5, 0.6) is 5.75 Å². The first kappa shape index (κ1) is 14.6. The highest BCUT2D eigenvalue weighted by Gasteiger charge is 2.21. The number of carbonyl (C=O) groups is 1. The number of nitrogens with one attached hydrogen (secondary N) is 2. The summed E-state index contributed by atoms with van der Waals surface area (Å²) >= 11 is 0. The molecule has 1 unspecified atom stereocenters. The number of hydrogen-bond donors (Lipinski definition) is 2. The monoisotopic (exact) mass is 323 g/mol. The molecular formula is C17H17N5O2. The second kappa shape index (κ2) is 5.59. The zero-order chi connectivity index (χ0) is 16.7. The number of nitrogens with zero attached hydrogens (tertiary/aromatic N) is 3. The van der Waals surface area contributed by atoms with Crippen LogP contribution in [0.1, 0.15) is 41.5 Å². The molecule has 122 valence electrons. The van der Waals surface area contributed by atoms with Crippen molar-refractivity contribution in [1.29, 1.82) is 0 Å². The van der Waals surface area contributed by atoms with Gasteiger partial charge in [0.1, 0.15) is 23.7 Å². The van der Waals surface area contributed by atoms with E-state index in [9.17, 15) is 4.79 Å². The number of H-pyrrole nitrogens is 1. The van der Waals surface area contributed by atoms with E-state index in [1.54, 1.807) is 0 Å². The van der Waals surface area contributed by atoms with E-state index in [2.05, 4.69) is 38.2 Å². The van der Waals surface area contributed by atoms with E-state index in [1.807, 2.05) is 19.1 Å². The molecule has 0 radical (unpaired) electrons. The third kappa shape index (κ3) is 2.47. The molecular weight excluding hydrogens is 306 g/mol. The minimum atomic E-state index is -0.260. The van der Waals surface area contributed by atoms with Crippen molar-refractivity contribution in [3.63, 3.8) is 0 Å². The minimum absolute atomic E-state index is 0.147. The van der Waals surface area contributed by atoms with Crippen molar-refractivity contribution >= 4 is 17.1 Å². The van der Waals surface area contributed by atoms with Gasteiger partial charge >= 0.3 is 0 Å². The molecule has 0 saturated carbocycles. The number of fused-ring (bicyclic) bond motifs is 2. The number of carbonyl (C=O) groups excluding carboxylic acids is 1. The van der Waals surface area contributed by atoms with E-state index in [-0.39, 0.29) is 18.1 Å². The lowest BCUT2D eigenvalue weighted by Gasteiger charge is -2.15. The average Bonchev–Trinajstić information content (AvgIpc) is 3.18. The SMILES string of the molecule is CC1Cc2cc([C@H](C)NC(=O)c3ncnc4nc[nH]c34)ccc2O1. The van der Waals surface area contributed by atoms with Crippen LogP contribution < -0.4 is 10.1 Å². The fourth-order valence-electron chi connectivity index (χ4n) is 3.00. The van der Waals surface area contributed by atoms with E-state index in [1.165, 1.54) is 18.2 Å². The topological polar surface area (TPSA) is 92.8 Å². The molecule has 7 heteroatoms. The maximum Gasteiger partial charge on any atom is 0.272 e. The van der Waals surface area contributed by atoms with E-state index in [0.29, 0.717) is 16.9 Å². The largest absolute Gasteiger partial charge is 0.490 e. The smallest absolute Gasteiger partial charge is 0.272 e. The quantitative estimate of drug-likeness (QED) is 0.770. The third-order valence-electron chi connectivity index (χ3n) is 4.21. The molecule has 24 heavy (non-hydrogen) atoms. The zero-order valence-corrected chi connectivity index (χ0v) is 13.4. The lowest BCUT2D eigenvalue weighted by atomic mass is 10.0. The maximum atomic E-state index is 12.6. The Bertz CT molecular complexity index is 920. The summed E-state index contributed by atoms with van der Waals surface area (Å²) < 4.78 is 5.72. The normalized spacial score (nSPS) is 17.3. The minimum Gasteiger partial charge on any atom is -0.490 e. The molecule has 0 bridgehead atoms. The molecule has 1 amide bonds. The van der Waals surface area contributed by atoms with E-state index < -0.39 is 0 Å². The van der Waals surface area contributed by atoms with Gasteiger partial charge in [-0.3, -0.25) is 4.79 Å². The Kier molecular flexibility index (Phi) is 3.41. The third-order valence-corrected chi connectivity index (χ3v) is 4.21. The Balaban J connectivity index is 1.56. The first-order valence-electron chi connectivity index (χ1n) is 7.86. The molecule has 2 N–H and O–H groups in total. The summed E-state index contributed by atoms with van der Waals surface area (Å²) in [5.41, 5.74) is 3.53. The van der Waals surface area contributed by atoms with Crippen molar-refractivity contribution in [2.24, 2.45) is 0 Å². The second-order valence-corrected chi connectivity index (χ2v) is 6.02. The Morgan fingerprint density at radius 1 is 1.38 bits per heavy atom. The molecule has 1 aliphatic heterocycles. The van der Waals surface area contributed by atoms with Gasteiger partial charge in [-0.2, -0.15) is 0 Å². The van der Waals surface area contributed by atoms with Gasteiger partial charge in [0.15, 0.2) is 11.3 Å². The number of imidazole rings is 1. The number of aromatic nitrogens is 4. The molecule has 0 aliphatic carbocycles. The van der Waals surface area contributed by atoms with Crippen LogP contribution in [0.2, 0.25) is 0 Å². The molecule has 0 fully saturated rings. The summed E-state index contributed by atoms with van der Waals surface area (Å²) in [6, 6.07) is 5.89. The van der Waals surface area contributed by atoms with Crippen LogP contribution in [0.25, 0.3) is 11.2 Å².